The van der Waals surface area contributed by atoms with Gasteiger partial charge in [-0.1, -0.05) is 23.7 Å². The summed E-state index contributed by atoms with van der Waals surface area (Å²) in [4.78, 5) is 11.0. The lowest BCUT2D eigenvalue weighted by Gasteiger charge is -2.34. The molecule has 4 rings (SSSR count). The molecule has 0 spiro atoms. The summed E-state index contributed by atoms with van der Waals surface area (Å²) < 4.78 is 7.69. The number of hydrogen-bond donors (Lipinski definition) is 0. The molecule has 2 aromatic heterocycles. The highest BCUT2D eigenvalue weighted by atomic mass is 35.5. The van der Waals surface area contributed by atoms with Crippen molar-refractivity contribution in [2.24, 2.45) is 7.05 Å². The lowest BCUT2D eigenvalue weighted by molar-refractivity contribution is 0.0396. The molecule has 1 fully saturated rings. The fourth-order valence-electron chi connectivity index (χ4n) is 2.92. The van der Waals surface area contributed by atoms with Gasteiger partial charge < -0.3 is 9.64 Å². The van der Waals surface area contributed by atoms with Crippen LogP contribution in [0.4, 0.5) is 5.82 Å². The molecule has 1 atom stereocenters. The lowest BCUT2D eigenvalue weighted by Crippen LogP contribution is -2.39. The molecule has 3 aromatic rings. The molecule has 0 N–H and O–H groups in total. The minimum absolute atomic E-state index is 0.00250. The standard InChI is InChI=1S/C16H16ClN5O/c1-21-15-13(8-20-21)16(19-10-18-15)22-6-7-23-14(9-22)11-2-4-12(17)5-3-11/h2-5,8,10,14H,6-7,9H2,1H3/t14-/m1/s1. The van der Waals surface area contributed by atoms with Gasteiger partial charge in [-0.25, -0.2) is 9.97 Å². The first-order chi connectivity index (χ1) is 11.2. The van der Waals surface area contributed by atoms with E-state index in [1.807, 2.05) is 37.5 Å². The molecule has 0 saturated carbocycles. The summed E-state index contributed by atoms with van der Waals surface area (Å²) in [5.74, 6) is 0.908. The molecule has 3 heterocycles. The average Bonchev–Trinajstić information content (AvgIpc) is 2.97. The molecule has 0 aliphatic carbocycles. The molecule has 1 saturated heterocycles. The minimum Gasteiger partial charge on any atom is -0.370 e. The van der Waals surface area contributed by atoms with E-state index < -0.39 is 0 Å². The Morgan fingerprint density at radius 3 is 2.87 bits per heavy atom. The highest BCUT2D eigenvalue weighted by Gasteiger charge is 2.24. The van der Waals surface area contributed by atoms with E-state index >= 15 is 0 Å². The van der Waals surface area contributed by atoms with Gasteiger partial charge in [-0.2, -0.15) is 5.10 Å². The smallest absolute Gasteiger partial charge is 0.163 e. The van der Waals surface area contributed by atoms with E-state index in [-0.39, 0.29) is 6.10 Å². The molecular formula is C16H16ClN5O. The maximum Gasteiger partial charge on any atom is 0.163 e. The van der Waals surface area contributed by atoms with Crippen LogP contribution < -0.4 is 4.90 Å². The SMILES string of the molecule is Cn1ncc2c(N3CCO[C@@H](c4ccc(Cl)cc4)C3)ncnc21. The Hall–Kier alpha value is -2.18. The molecule has 0 amide bonds. The molecule has 1 aliphatic rings. The molecule has 0 radical (unpaired) electrons. The maximum atomic E-state index is 5.97. The Kier molecular flexibility index (Phi) is 3.63. The Labute approximate surface area is 138 Å². The second-order valence-electron chi connectivity index (χ2n) is 5.56. The summed E-state index contributed by atoms with van der Waals surface area (Å²) in [6, 6.07) is 7.80. The number of benzene rings is 1. The van der Waals surface area contributed by atoms with Crippen LogP contribution in [0.15, 0.2) is 36.8 Å². The number of morpholine rings is 1. The molecule has 118 valence electrons. The van der Waals surface area contributed by atoms with E-state index in [4.69, 9.17) is 16.3 Å². The van der Waals surface area contributed by atoms with Gasteiger partial charge in [-0.3, -0.25) is 4.68 Å². The van der Waals surface area contributed by atoms with Crippen molar-refractivity contribution in [3.05, 3.63) is 47.4 Å². The number of fused-ring (bicyclic) bond motifs is 1. The van der Waals surface area contributed by atoms with E-state index in [0.717, 1.165) is 40.5 Å². The molecule has 1 aliphatic heterocycles. The Bertz CT molecular complexity index is 832. The number of hydrogen-bond acceptors (Lipinski definition) is 5. The zero-order valence-corrected chi connectivity index (χ0v) is 13.4. The van der Waals surface area contributed by atoms with Gasteiger partial charge in [0, 0.05) is 25.2 Å². The topological polar surface area (TPSA) is 56.1 Å². The Morgan fingerprint density at radius 2 is 2.04 bits per heavy atom. The summed E-state index contributed by atoms with van der Waals surface area (Å²) in [7, 11) is 1.88. The zero-order valence-electron chi connectivity index (χ0n) is 12.7. The van der Waals surface area contributed by atoms with Crippen LogP contribution in [-0.4, -0.2) is 39.4 Å². The zero-order chi connectivity index (χ0) is 15.8. The molecule has 0 unspecified atom stereocenters. The maximum absolute atomic E-state index is 5.97. The summed E-state index contributed by atoms with van der Waals surface area (Å²) >= 11 is 5.97. The van der Waals surface area contributed by atoms with Crippen molar-refractivity contribution in [1.29, 1.82) is 0 Å². The molecule has 23 heavy (non-hydrogen) atoms. The van der Waals surface area contributed by atoms with Crippen molar-refractivity contribution in [3.63, 3.8) is 0 Å². The first kappa shape index (κ1) is 14.4. The third kappa shape index (κ3) is 2.64. The van der Waals surface area contributed by atoms with Crippen LogP contribution in [0.2, 0.25) is 5.02 Å². The van der Waals surface area contributed by atoms with Gasteiger partial charge in [-0.15, -0.1) is 0 Å². The first-order valence-electron chi connectivity index (χ1n) is 7.47. The van der Waals surface area contributed by atoms with E-state index in [0.29, 0.717) is 6.61 Å². The third-order valence-electron chi connectivity index (χ3n) is 4.12. The average molecular weight is 330 g/mol. The van der Waals surface area contributed by atoms with Crippen molar-refractivity contribution < 1.29 is 4.74 Å². The van der Waals surface area contributed by atoms with Crippen LogP contribution in [0.25, 0.3) is 11.0 Å². The van der Waals surface area contributed by atoms with Crippen LogP contribution in [0.5, 0.6) is 0 Å². The summed E-state index contributed by atoms with van der Waals surface area (Å²) in [5.41, 5.74) is 1.96. The normalized spacial score (nSPS) is 18.5. The van der Waals surface area contributed by atoms with E-state index in [1.165, 1.54) is 0 Å². The molecule has 1 aromatic carbocycles. The predicted molar refractivity (Wildman–Crippen MR) is 88.7 cm³/mol. The van der Waals surface area contributed by atoms with E-state index in [1.54, 1.807) is 11.0 Å². The summed E-state index contributed by atoms with van der Waals surface area (Å²) in [6.07, 6.45) is 3.41. The fraction of sp³-hybridized carbons (Fsp3) is 0.312. The third-order valence-corrected chi connectivity index (χ3v) is 4.37. The van der Waals surface area contributed by atoms with Gasteiger partial charge in [0.2, 0.25) is 0 Å². The summed E-state index contributed by atoms with van der Waals surface area (Å²) in [5, 5.41) is 5.98. The number of halogens is 1. The lowest BCUT2D eigenvalue weighted by atomic mass is 10.1. The van der Waals surface area contributed by atoms with Gasteiger partial charge >= 0.3 is 0 Å². The predicted octanol–water partition coefficient (Wildman–Crippen LogP) is 2.59. The molecule has 6 nitrogen and oxygen atoms in total. The quantitative estimate of drug-likeness (QED) is 0.723. The number of nitrogens with zero attached hydrogens (tertiary/aromatic N) is 5. The largest absolute Gasteiger partial charge is 0.370 e. The van der Waals surface area contributed by atoms with Gasteiger partial charge in [0.25, 0.3) is 0 Å². The van der Waals surface area contributed by atoms with Gasteiger partial charge in [0.05, 0.1) is 18.2 Å². The van der Waals surface area contributed by atoms with Gasteiger partial charge in [-0.05, 0) is 17.7 Å². The van der Waals surface area contributed by atoms with Crippen molar-refractivity contribution >= 4 is 28.5 Å². The second-order valence-corrected chi connectivity index (χ2v) is 6.00. The van der Waals surface area contributed by atoms with Crippen LogP contribution in [0, 0.1) is 0 Å². The highest BCUT2D eigenvalue weighted by Crippen LogP contribution is 2.29. The second kappa shape index (κ2) is 5.79. The Morgan fingerprint density at radius 1 is 1.22 bits per heavy atom. The fourth-order valence-corrected chi connectivity index (χ4v) is 3.05. The Balaban J connectivity index is 1.65. The van der Waals surface area contributed by atoms with E-state index in [2.05, 4.69) is 20.0 Å². The van der Waals surface area contributed by atoms with Gasteiger partial charge in [0.15, 0.2) is 5.65 Å². The highest BCUT2D eigenvalue weighted by molar-refractivity contribution is 6.30. The number of rotatable bonds is 2. The van der Waals surface area contributed by atoms with Crippen LogP contribution >= 0.6 is 11.6 Å². The molecule has 0 bridgehead atoms. The van der Waals surface area contributed by atoms with Crippen molar-refractivity contribution in [2.75, 3.05) is 24.6 Å². The number of ether oxygens (including phenoxy) is 1. The number of aromatic nitrogens is 4. The van der Waals surface area contributed by atoms with Crippen molar-refractivity contribution in [1.82, 2.24) is 19.7 Å². The van der Waals surface area contributed by atoms with Crippen LogP contribution in [-0.2, 0) is 11.8 Å². The number of anilines is 1. The van der Waals surface area contributed by atoms with Crippen molar-refractivity contribution in [3.8, 4) is 0 Å². The van der Waals surface area contributed by atoms with Crippen LogP contribution in [0.3, 0.4) is 0 Å². The minimum atomic E-state index is 0.00250. The summed E-state index contributed by atoms with van der Waals surface area (Å²) in [6.45, 7) is 2.19. The first-order valence-corrected chi connectivity index (χ1v) is 7.85. The van der Waals surface area contributed by atoms with Crippen LogP contribution in [0.1, 0.15) is 11.7 Å². The number of aryl methyl sites for hydroxylation is 1. The van der Waals surface area contributed by atoms with E-state index in [9.17, 15) is 0 Å². The van der Waals surface area contributed by atoms with Crippen molar-refractivity contribution in [2.45, 2.75) is 6.10 Å². The molecule has 7 heteroatoms. The van der Waals surface area contributed by atoms with Gasteiger partial charge in [0.1, 0.15) is 18.2 Å². The molecular weight excluding hydrogens is 314 g/mol. The monoisotopic (exact) mass is 329 g/mol.